The Morgan fingerprint density at radius 2 is 1.47 bits per heavy atom. The molecule has 0 rings (SSSR count). The Morgan fingerprint density at radius 3 is 1.91 bits per heavy atom. The quantitative estimate of drug-likeness (QED) is 0.218. The SMILES string of the molecule is CC(=O)CC/C=C/[C@H](C)[C@H](O)C[C@H](O[Si](C)(C)C(C)(C)C)[C@@H](C)CO[Si](C)(C)C(C)(C)C. The van der Waals surface area contributed by atoms with Crippen LogP contribution in [0.15, 0.2) is 12.2 Å². The first kappa shape index (κ1) is 31.7. The molecule has 1 N–H and O–H groups in total. The van der Waals surface area contributed by atoms with Crippen molar-refractivity contribution in [1.82, 2.24) is 0 Å². The molecule has 0 radical (unpaired) electrons. The number of ketones is 1. The van der Waals surface area contributed by atoms with E-state index in [4.69, 9.17) is 8.85 Å². The Balaban J connectivity index is 5.41. The number of carbonyl (C=O) groups is 1. The van der Waals surface area contributed by atoms with Crippen LogP contribution in [0.3, 0.4) is 0 Å². The maximum Gasteiger partial charge on any atom is 0.192 e. The molecule has 0 saturated heterocycles. The molecular weight excluding hydrogens is 432 g/mol. The minimum atomic E-state index is -2.00. The summed E-state index contributed by atoms with van der Waals surface area (Å²) in [5.41, 5.74) is 0. The highest BCUT2D eigenvalue weighted by atomic mass is 28.4. The highest BCUT2D eigenvalue weighted by Crippen LogP contribution is 2.40. The summed E-state index contributed by atoms with van der Waals surface area (Å²) in [6.07, 6.45) is 5.38. The van der Waals surface area contributed by atoms with Crippen LogP contribution >= 0.6 is 0 Å². The summed E-state index contributed by atoms with van der Waals surface area (Å²) in [7, 11) is -3.85. The third-order valence-corrected chi connectivity index (χ3v) is 16.6. The van der Waals surface area contributed by atoms with Crippen molar-refractivity contribution in [2.24, 2.45) is 11.8 Å². The van der Waals surface area contributed by atoms with Crippen LogP contribution in [-0.2, 0) is 13.6 Å². The summed E-state index contributed by atoms with van der Waals surface area (Å²) in [6, 6.07) is 0. The summed E-state index contributed by atoms with van der Waals surface area (Å²) < 4.78 is 13.4. The Morgan fingerprint density at radius 1 is 0.969 bits per heavy atom. The fraction of sp³-hybridized carbons (Fsp3) is 0.885. The maximum atomic E-state index is 11.1. The maximum absolute atomic E-state index is 11.1. The number of hydrogen-bond acceptors (Lipinski definition) is 4. The van der Waals surface area contributed by atoms with E-state index >= 15 is 0 Å². The monoisotopic (exact) mass is 486 g/mol. The van der Waals surface area contributed by atoms with Crippen molar-refractivity contribution < 1.29 is 18.8 Å². The Hall–Kier alpha value is -0.276. The fourth-order valence-electron chi connectivity index (χ4n) is 2.79. The average Bonchev–Trinajstić information content (AvgIpc) is 2.60. The van der Waals surface area contributed by atoms with Gasteiger partial charge in [0.2, 0.25) is 0 Å². The van der Waals surface area contributed by atoms with E-state index in [0.717, 1.165) is 6.42 Å². The molecule has 0 aromatic carbocycles. The summed E-state index contributed by atoms with van der Waals surface area (Å²) in [5, 5.41) is 11.3. The lowest BCUT2D eigenvalue weighted by Crippen LogP contribution is -2.48. The normalized spacial score (nSPS) is 17.9. The highest BCUT2D eigenvalue weighted by molar-refractivity contribution is 6.74. The molecule has 32 heavy (non-hydrogen) atoms. The smallest absolute Gasteiger partial charge is 0.192 e. The minimum Gasteiger partial charge on any atom is -0.416 e. The Bertz CT molecular complexity index is 600. The summed E-state index contributed by atoms with van der Waals surface area (Å²) >= 11 is 0. The minimum absolute atomic E-state index is 0.0148. The second-order valence-electron chi connectivity index (χ2n) is 12.8. The van der Waals surface area contributed by atoms with Crippen LogP contribution < -0.4 is 0 Å². The number of carbonyl (C=O) groups excluding carboxylic acids is 1. The van der Waals surface area contributed by atoms with Gasteiger partial charge in [-0.3, -0.25) is 0 Å². The Labute approximate surface area is 201 Å². The zero-order chi connectivity index (χ0) is 25.5. The molecule has 4 atom stereocenters. The van der Waals surface area contributed by atoms with E-state index < -0.39 is 22.7 Å². The molecule has 0 aromatic heterocycles. The molecular formula is C26H54O4Si2. The summed E-state index contributed by atoms with van der Waals surface area (Å²) in [4.78, 5) is 11.1. The summed E-state index contributed by atoms with van der Waals surface area (Å²) in [5.74, 6) is 0.406. The molecule has 0 heterocycles. The number of rotatable bonds is 13. The number of aliphatic hydroxyl groups excluding tert-OH is 1. The lowest BCUT2D eigenvalue weighted by Gasteiger charge is -2.43. The highest BCUT2D eigenvalue weighted by Gasteiger charge is 2.42. The molecule has 0 amide bonds. The van der Waals surface area contributed by atoms with Gasteiger partial charge >= 0.3 is 0 Å². The predicted octanol–water partition coefficient (Wildman–Crippen LogP) is 7.35. The van der Waals surface area contributed by atoms with E-state index in [1.807, 2.05) is 19.1 Å². The van der Waals surface area contributed by atoms with Gasteiger partial charge in [-0.1, -0.05) is 67.5 Å². The zero-order valence-electron chi connectivity index (χ0n) is 23.5. The van der Waals surface area contributed by atoms with E-state index in [-0.39, 0.29) is 33.8 Å². The van der Waals surface area contributed by atoms with Gasteiger partial charge in [0.1, 0.15) is 5.78 Å². The standard InChI is InChI=1S/C26H54O4Si2/c1-20(16-14-15-17-22(3)27)23(28)18-24(30-32(12,13)26(7,8)9)21(2)19-29-31(10,11)25(4,5)6/h14,16,20-21,23-24,28H,15,17-19H2,1-13H3/b16-14+/t20-,21-,23+,24-/m0/s1. The van der Waals surface area contributed by atoms with E-state index in [1.54, 1.807) is 6.92 Å². The molecule has 0 bridgehead atoms. The van der Waals surface area contributed by atoms with Gasteiger partial charge in [-0.25, -0.2) is 0 Å². The Kier molecular flexibility index (Phi) is 12.3. The van der Waals surface area contributed by atoms with Crippen LogP contribution in [0.2, 0.25) is 36.3 Å². The van der Waals surface area contributed by atoms with Gasteiger partial charge in [0.15, 0.2) is 16.6 Å². The van der Waals surface area contributed by atoms with Gasteiger partial charge < -0.3 is 18.8 Å². The van der Waals surface area contributed by atoms with Gasteiger partial charge in [0.25, 0.3) is 0 Å². The van der Waals surface area contributed by atoms with E-state index in [2.05, 4.69) is 74.7 Å². The van der Waals surface area contributed by atoms with Gasteiger partial charge in [0.05, 0.1) is 12.2 Å². The van der Waals surface area contributed by atoms with Gasteiger partial charge in [-0.05, 0) is 56.0 Å². The van der Waals surface area contributed by atoms with Crippen molar-refractivity contribution in [1.29, 1.82) is 0 Å². The number of hydrogen-bond donors (Lipinski definition) is 1. The van der Waals surface area contributed by atoms with Crippen LogP contribution in [0.25, 0.3) is 0 Å². The molecule has 6 heteroatoms. The van der Waals surface area contributed by atoms with Gasteiger partial charge in [0, 0.05) is 24.9 Å². The fourth-order valence-corrected chi connectivity index (χ4v) is 5.35. The average molecular weight is 487 g/mol. The molecule has 0 aliphatic rings. The number of allylic oxidation sites excluding steroid dienone is 1. The molecule has 0 aromatic rings. The van der Waals surface area contributed by atoms with Crippen LogP contribution in [0.4, 0.5) is 0 Å². The van der Waals surface area contributed by atoms with Crippen LogP contribution in [0.1, 0.15) is 81.6 Å². The second kappa shape index (κ2) is 12.4. The van der Waals surface area contributed by atoms with Crippen molar-refractivity contribution in [3.8, 4) is 0 Å². The molecule has 0 saturated carbocycles. The van der Waals surface area contributed by atoms with Crippen LogP contribution in [0.5, 0.6) is 0 Å². The largest absolute Gasteiger partial charge is 0.416 e. The van der Waals surface area contributed by atoms with Crippen molar-refractivity contribution >= 4 is 22.4 Å². The molecule has 4 nitrogen and oxygen atoms in total. The second-order valence-corrected chi connectivity index (χ2v) is 22.4. The molecule has 0 aliphatic heterocycles. The van der Waals surface area contributed by atoms with Crippen molar-refractivity contribution in [2.45, 2.75) is 130 Å². The van der Waals surface area contributed by atoms with Crippen LogP contribution in [0, 0.1) is 11.8 Å². The first-order valence-corrected chi connectivity index (χ1v) is 18.2. The lowest BCUT2D eigenvalue weighted by atomic mass is 9.93. The third kappa shape index (κ3) is 10.8. The molecule has 0 spiro atoms. The molecule has 0 unspecified atom stereocenters. The molecule has 0 aliphatic carbocycles. The van der Waals surface area contributed by atoms with E-state index in [0.29, 0.717) is 19.4 Å². The topological polar surface area (TPSA) is 55.8 Å². The zero-order valence-corrected chi connectivity index (χ0v) is 25.5. The third-order valence-electron chi connectivity index (χ3n) is 7.58. The molecule has 190 valence electrons. The number of aliphatic hydroxyl groups is 1. The first-order valence-electron chi connectivity index (χ1n) is 12.4. The van der Waals surface area contributed by atoms with E-state index in [1.165, 1.54) is 0 Å². The van der Waals surface area contributed by atoms with Crippen molar-refractivity contribution in [3.63, 3.8) is 0 Å². The van der Waals surface area contributed by atoms with E-state index in [9.17, 15) is 9.90 Å². The number of Topliss-reactive ketones (excluding diaryl/α,β-unsaturated/α-hetero) is 1. The van der Waals surface area contributed by atoms with Crippen molar-refractivity contribution in [3.05, 3.63) is 12.2 Å². The van der Waals surface area contributed by atoms with Gasteiger partial charge in [-0.15, -0.1) is 0 Å². The van der Waals surface area contributed by atoms with Gasteiger partial charge in [-0.2, -0.15) is 0 Å². The van der Waals surface area contributed by atoms with Crippen molar-refractivity contribution in [2.75, 3.05) is 6.61 Å². The molecule has 0 fully saturated rings. The van der Waals surface area contributed by atoms with Crippen LogP contribution in [-0.4, -0.2) is 46.3 Å². The summed E-state index contributed by atoms with van der Waals surface area (Å²) in [6.45, 7) is 29.2. The first-order chi connectivity index (χ1) is 14.2. The lowest BCUT2D eigenvalue weighted by molar-refractivity contribution is -0.116. The predicted molar refractivity (Wildman–Crippen MR) is 143 cm³/mol.